The first-order valence-electron chi connectivity index (χ1n) is 7.88. The van der Waals surface area contributed by atoms with Crippen molar-refractivity contribution in [2.45, 2.75) is 23.4 Å². The van der Waals surface area contributed by atoms with Crippen molar-refractivity contribution in [3.05, 3.63) is 53.2 Å². The Morgan fingerprint density at radius 1 is 1.12 bits per heavy atom. The van der Waals surface area contributed by atoms with Crippen LogP contribution in [0.2, 0.25) is 0 Å². The van der Waals surface area contributed by atoms with Crippen LogP contribution in [0.1, 0.15) is 23.6 Å². The standard InChI is InChI=1S/C17H15N5OS3/c1-10-5-3-6-12(9-10)18-16-21-22-17(26-16)25-11(2)14-19-20-15(23-14)13-7-4-8-24-13/h3-9,11H,1-2H3,(H,18,21). The molecule has 0 aliphatic carbocycles. The van der Waals surface area contributed by atoms with Crippen LogP contribution >= 0.6 is 34.4 Å². The van der Waals surface area contributed by atoms with Crippen molar-refractivity contribution < 1.29 is 4.42 Å². The molecule has 9 heteroatoms. The molecule has 132 valence electrons. The van der Waals surface area contributed by atoms with Crippen molar-refractivity contribution in [1.82, 2.24) is 20.4 Å². The minimum absolute atomic E-state index is 0.00372. The fourth-order valence-corrected chi connectivity index (χ4v) is 4.85. The van der Waals surface area contributed by atoms with Crippen LogP contribution in [0.4, 0.5) is 10.8 Å². The number of nitrogens with zero attached hydrogens (tertiary/aromatic N) is 4. The Hall–Kier alpha value is -2.23. The first kappa shape index (κ1) is 17.2. The van der Waals surface area contributed by atoms with Crippen LogP contribution in [0.25, 0.3) is 10.8 Å². The van der Waals surface area contributed by atoms with Gasteiger partial charge < -0.3 is 9.73 Å². The van der Waals surface area contributed by atoms with Gasteiger partial charge in [0.15, 0.2) is 4.34 Å². The SMILES string of the molecule is Cc1cccc(Nc2nnc(SC(C)c3nnc(-c4cccs4)o3)s2)c1. The molecule has 4 aromatic rings. The number of nitrogens with one attached hydrogen (secondary N) is 1. The number of thiophene rings is 1. The van der Waals surface area contributed by atoms with Gasteiger partial charge in [0.1, 0.15) is 0 Å². The van der Waals surface area contributed by atoms with Gasteiger partial charge in [0.25, 0.3) is 5.89 Å². The van der Waals surface area contributed by atoms with Gasteiger partial charge in [0, 0.05) is 5.69 Å². The minimum Gasteiger partial charge on any atom is -0.419 e. The summed E-state index contributed by atoms with van der Waals surface area (Å²) in [7, 11) is 0. The normalized spacial score (nSPS) is 12.2. The highest BCUT2D eigenvalue weighted by atomic mass is 32.2. The topological polar surface area (TPSA) is 76.7 Å². The zero-order chi connectivity index (χ0) is 17.9. The van der Waals surface area contributed by atoms with Crippen molar-refractivity contribution in [2.75, 3.05) is 5.32 Å². The zero-order valence-corrected chi connectivity index (χ0v) is 16.5. The van der Waals surface area contributed by atoms with Crippen LogP contribution in [0.5, 0.6) is 0 Å². The second kappa shape index (κ2) is 7.56. The zero-order valence-electron chi connectivity index (χ0n) is 14.0. The Labute approximate surface area is 162 Å². The van der Waals surface area contributed by atoms with E-state index >= 15 is 0 Å². The molecule has 0 saturated carbocycles. The lowest BCUT2D eigenvalue weighted by atomic mass is 10.2. The predicted molar refractivity (Wildman–Crippen MR) is 106 cm³/mol. The fraction of sp³-hybridized carbons (Fsp3) is 0.176. The van der Waals surface area contributed by atoms with Crippen LogP contribution in [-0.2, 0) is 0 Å². The highest BCUT2D eigenvalue weighted by molar-refractivity contribution is 8.01. The highest BCUT2D eigenvalue weighted by Gasteiger charge is 2.19. The lowest BCUT2D eigenvalue weighted by Gasteiger charge is -2.03. The van der Waals surface area contributed by atoms with E-state index in [9.17, 15) is 0 Å². The number of aromatic nitrogens is 4. The van der Waals surface area contributed by atoms with Crippen LogP contribution < -0.4 is 5.32 Å². The number of hydrogen-bond acceptors (Lipinski definition) is 9. The Kier molecular flexibility index (Phi) is 5.00. The van der Waals surface area contributed by atoms with Gasteiger partial charge in [-0.25, -0.2) is 0 Å². The smallest absolute Gasteiger partial charge is 0.257 e. The monoisotopic (exact) mass is 401 g/mol. The molecule has 1 aromatic carbocycles. The maximum absolute atomic E-state index is 5.79. The molecule has 0 saturated heterocycles. The van der Waals surface area contributed by atoms with Crippen LogP contribution in [0.3, 0.4) is 0 Å². The quantitative estimate of drug-likeness (QED) is 0.424. The van der Waals surface area contributed by atoms with E-state index < -0.39 is 0 Å². The second-order valence-electron chi connectivity index (χ2n) is 5.55. The van der Waals surface area contributed by atoms with Gasteiger partial charge in [-0.15, -0.1) is 31.7 Å². The minimum atomic E-state index is -0.00372. The number of hydrogen-bond donors (Lipinski definition) is 1. The summed E-state index contributed by atoms with van der Waals surface area (Å²) >= 11 is 4.64. The summed E-state index contributed by atoms with van der Waals surface area (Å²) in [4.78, 5) is 0.974. The van der Waals surface area contributed by atoms with Gasteiger partial charge in [0.2, 0.25) is 11.0 Å². The number of rotatable bonds is 6. The number of thioether (sulfide) groups is 1. The summed E-state index contributed by atoms with van der Waals surface area (Å²) in [6, 6.07) is 12.1. The molecule has 3 aromatic heterocycles. The molecule has 0 bridgehead atoms. The fourth-order valence-electron chi connectivity index (χ4n) is 2.25. The molecule has 0 aliphatic rings. The highest BCUT2D eigenvalue weighted by Crippen LogP contribution is 2.38. The summed E-state index contributed by atoms with van der Waals surface area (Å²) in [5.41, 5.74) is 2.20. The van der Waals surface area contributed by atoms with E-state index in [0.29, 0.717) is 11.8 Å². The van der Waals surface area contributed by atoms with Crippen LogP contribution in [0, 0.1) is 6.92 Å². The van der Waals surface area contributed by atoms with Crippen molar-refractivity contribution in [3.8, 4) is 10.8 Å². The average Bonchev–Trinajstić information content (AvgIpc) is 3.36. The molecule has 26 heavy (non-hydrogen) atoms. The summed E-state index contributed by atoms with van der Waals surface area (Å²) < 4.78 is 6.64. The van der Waals surface area contributed by atoms with Crippen molar-refractivity contribution >= 4 is 45.3 Å². The van der Waals surface area contributed by atoms with E-state index in [0.717, 1.165) is 20.0 Å². The molecule has 3 heterocycles. The Morgan fingerprint density at radius 2 is 2.04 bits per heavy atom. The third-order valence-electron chi connectivity index (χ3n) is 3.47. The molecule has 1 unspecified atom stereocenters. The van der Waals surface area contributed by atoms with Crippen molar-refractivity contribution in [2.24, 2.45) is 0 Å². The first-order chi connectivity index (χ1) is 12.7. The molecule has 1 atom stereocenters. The van der Waals surface area contributed by atoms with E-state index in [2.05, 4.69) is 44.8 Å². The van der Waals surface area contributed by atoms with Gasteiger partial charge in [-0.2, -0.15) is 0 Å². The molecular formula is C17H15N5OS3. The Bertz CT molecular complexity index is 995. The van der Waals surface area contributed by atoms with E-state index in [1.807, 2.05) is 36.6 Å². The Morgan fingerprint density at radius 3 is 2.85 bits per heavy atom. The first-order valence-corrected chi connectivity index (χ1v) is 10.5. The lowest BCUT2D eigenvalue weighted by Crippen LogP contribution is -1.89. The van der Waals surface area contributed by atoms with Gasteiger partial charge in [-0.3, -0.25) is 0 Å². The molecular weight excluding hydrogens is 386 g/mol. The van der Waals surface area contributed by atoms with E-state index in [1.165, 1.54) is 16.9 Å². The van der Waals surface area contributed by atoms with E-state index in [4.69, 9.17) is 4.42 Å². The number of anilines is 2. The van der Waals surface area contributed by atoms with Crippen molar-refractivity contribution in [3.63, 3.8) is 0 Å². The molecule has 1 N–H and O–H groups in total. The number of benzene rings is 1. The van der Waals surface area contributed by atoms with Crippen LogP contribution in [0.15, 0.2) is 50.5 Å². The molecule has 0 spiro atoms. The van der Waals surface area contributed by atoms with Crippen molar-refractivity contribution in [1.29, 1.82) is 0 Å². The van der Waals surface area contributed by atoms with Gasteiger partial charge in [-0.05, 0) is 43.0 Å². The Balaban J connectivity index is 1.42. The lowest BCUT2D eigenvalue weighted by molar-refractivity contribution is 0.510. The summed E-state index contributed by atoms with van der Waals surface area (Å²) in [5, 5.41) is 22.8. The number of aryl methyl sites for hydroxylation is 1. The molecule has 0 fully saturated rings. The van der Waals surface area contributed by atoms with E-state index in [1.54, 1.807) is 23.1 Å². The summed E-state index contributed by atoms with van der Waals surface area (Å²) in [6.07, 6.45) is 0. The van der Waals surface area contributed by atoms with Gasteiger partial charge in [0.05, 0.1) is 10.1 Å². The third kappa shape index (κ3) is 3.95. The van der Waals surface area contributed by atoms with Crippen LogP contribution in [-0.4, -0.2) is 20.4 Å². The summed E-state index contributed by atoms with van der Waals surface area (Å²) in [6.45, 7) is 4.08. The molecule has 6 nitrogen and oxygen atoms in total. The molecule has 4 rings (SSSR count). The average molecular weight is 402 g/mol. The molecule has 0 radical (unpaired) electrons. The van der Waals surface area contributed by atoms with Gasteiger partial charge >= 0.3 is 0 Å². The predicted octanol–water partition coefficient (Wildman–Crippen LogP) is 5.55. The largest absolute Gasteiger partial charge is 0.419 e. The third-order valence-corrected chi connectivity index (χ3v) is 6.34. The van der Waals surface area contributed by atoms with E-state index in [-0.39, 0.29) is 5.25 Å². The summed E-state index contributed by atoms with van der Waals surface area (Å²) in [5.74, 6) is 1.14. The maximum atomic E-state index is 5.79. The second-order valence-corrected chi connectivity index (χ2v) is 9.06. The molecule has 0 aliphatic heterocycles. The molecule has 0 amide bonds. The maximum Gasteiger partial charge on any atom is 0.257 e. The van der Waals surface area contributed by atoms with Gasteiger partial charge in [-0.1, -0.05) is 41.3 Å².